The average Bonchev–Trinajstić information content (AvgIpc) is 2.39. The zero-order valence-corrected chi connectivity index (χ0v) is 10.7. The number of halogens is 2. The zero-order valence-electron chi connectivity index (χ0n) is 10.7. The number of aromatic nitrogens is 2. The van der Waals surface area contributed by atoms with E-state index >= 15 is 0 Å². The van der Waals surface area contributed by atoms with Gasteiger partial charge in [-0.15, -0.1) is 0 Å². The molecule has 4 nitrogen and oxygen atoms in total. The third kappa shape index (κ3) is 2.86. The first-order chi connectivity index (χ1) is 8.58. The largest absolute Gasteiger partial charge is 0.363 e. The van der Waals surface area contributed by atoms with Gasteiger partial charge in [0.05, 0.1) is 0 Å². The molecule has 0 N–H and O–H groups in total. The van der Waals surface area contributed by atoms with Crippen molar-refractivity contribution in [1.29, 1.82) is 0 Å². The molecular formula is C12H18F2N4. The molecule has 1 aliphatic heterocycles. The minimum absolute atomic E-state index is 0.474. The van der Waals surface area contributed by atoms with E-state index in [0.29, 0.717) is 31.9 Å². The van der Waals surface area contributed by atoms with Gasteiger partial charge >= 0.3 is 0 Å². The minimum atomic E-state index is -2.21. The number of rotatable bonds is 3. The molecule has 1 aliphatic rings. The Bertz CT molecular complexity index is 389. The highest BCUT2D eigenvalue weighted by Crippen LogP contribution is 2.25. The summed E-state index contributed by atoms with van der Waals surface area (Å²) < 4.78 is 25.1. The summed E-state index contributed by atoms with van der Waals surface area (Å²) in [5.41, 5.74) is 0. The first kappa shape index (κ1) is 13.0. The van der Waals surface area contributed by atoms with E-state index in [1.165, 1.54) is 0 Å². The van der Waals surface area contributed by atoms with Crippen LogP contribution >= 0.6 is 0 Å². The normalized spacial score (nSPS) is 17.3. The summed E-state index contributed by atoms with van der Waals surface area (Å²) >= 11 is 0. The second kappa shape index (κ2) is 5.46. The minimum Gasteiger partial charge on any atom is -0.363 e. The lowest BCUT2D eigenvalue weighted by molar-refractivity contribution is 0.0634. The number of hydrogen-bond acceptors (Lipinski definition) is 4. The third-order valence-electron chi connectivity index (χ3n) is 3.27. The highest BCUT2D eigenvalue weighted by Gasteiger charge is 2.27. The van der Waals surface area contributed by atoms with Crippen molar-refractivity contribution in [2.75, 3.05) is 37.0 Å². The number of nitrogens with zero attached hydrogens (tertiary/aromatic N) is 4. The second-order valence-corrected chi connectivity index (χ2v) is 4.77. The van der Waals surface area contributed by atoms with Gasteiger partial charge in [0.15, 0.2) is 0 Å². The first-order valence-corrected chi connectivity index (χ1v) is 6.11. The monoisotopic (exact) mass is 256 g/mol. The van der Waals surface area contributed by atoms with Crippen molar-refractivity contribution in [3.05, 3.63) is 12.3 Å². The van der Waals surface area contributed by atoms with Crippen LogP contribution in [-0.4, -0.2) is 43.6 Å². The van der Waals surface area contributed by atoms with Crippen LogP contribution in [0.3, 0.4) is 0 Å². The van der Waals surface area contributed by atoms with Crippen molar-refractivity contribution in [3.63, 3.8) is 0 Å². The molecule has 0 amide bonds. The molecule has 0 spiro atoms. The lowest BCUT2D eigenvalue weighted by atomic mass is 9.98. The van der Waals surface area contributed by atoms with Gasteiger partial charge in [0.2, 0.25) is 12.4 Å². The van der Waals surface area contributed by atoms with Gasteiger partial charge in [0.1, 0.15) is 5.82 Å². The molecule has 0 bridgehead atoms. The average molecular weight is 256 g/mol. The molecule has 0 unspecified atom stereocenters. The van der Waals surface area contributed by atoms with Crippen molar-refractivity contribution < 1.29 is 8.78 Å². The van der Waals surface area contributed by atoms with Crippen molar-refractivity contribution >= 4 is 11.8 Å². The molecule has 1 saturated heterocycles. The summed E-state index contributed by atoms with van der Waals surface area (Å²) in [6.45, 7) is 1.21. The Balaban J connectivity index is 2.03. The number of piperidine rings is 1. The molecule has 1 fully saturated rings. The van der Waals surface area contributed by atoms with E-state index in [-0.39, 0.29) is 0 Å². The molecule has 0 saturated carbocycles. The van der Waals surface area contributed by atoms with Gasteiger partial charge in [-0.25, -0.2) is 13.8 Å². The fourth-order valence-electron chi connectivity index (χ4n) is 2.09. The Labute approximate surface area is 106 Å². The van der Waals surface area contributed by atoms with Crippen molar-refractivity contribution in [2.45, 2.75) is 19.3 Å². The molecule has 0 radical (unpaired) electrons. The van der Waals surface area contributed by atoms with Crippen LogP contribution in [0.25, 0.3) is 0 Å². The van der Waals surface area contributed by atoms with Gasteiger partial charge < -0.3 is 9.80 Å². The SMILES string of the molecule is CN(C)c1ccnc(N2CCC(C(F)F)CC2)n1. The van der Waals surface area contributed by atoms with Gasteiger partial charge in [-0.3, -0.25) is 0 Å². The summed E-state index contributed by atoms with van der Waals surface area (Å²) in [6.07, 6.45) is 0.512. The number of alkyl halides is 2. The van der Waals surface area contributed by atoms with Crippen LogP contribution in [0.5, 0.6) is 0 Å². The lowest BCUT2D eigenvalue weighted by Crippen LogP contribution is -2.37. The van der Waals surface area contributed by atoms with Gasteiger partial charge in [0, 0.05) is 39.3 Å². The van der Waals surface area contributed by atoms with E-state index in [9.17, 15) is 8.78 Å². The molecule has 18 heavy (non-hydrogen) atoms. The Morgan fingerprint density at radius 2 is 2.00 bits per heavy atom. The molecule has 1 aromatic rings. The summed E-state index contributed by atoms with van der Waals surface area (Å²) in [6, 6.07) is 1.83. The maximum absolute atomic E-state index is 12.6. The maximum atomic E-state index is 12.6. The maximum Gasteiger partial charge on any atom is 0.241 e. The fraction of sp³-hybridized carbons (Fsp3) is 0.667. The second-order valence-electron chi connectivity index (χ2n) is 4.77. The first-order valence-electron chi connectivity index (χ1n) is 6.11. The molecule has 0 aliphatic carbocycles. The van der Waals surface area contributed by atoms with E-state index in [2.05, 4.69) is 9.97 Å². The highest BCUT2D eigenvalue weighted by molar-refractivity contribution is 5.42. The third-order valence-corrected chi connectivity index (χ3v) is 3.27. The Morgan fingerprint density at radius 1 is 1.33 bits per heavy atom. The van der Waals surface area contributed by atoms with Gasteiger partial charge in [-0.1, -0.05) is 0 Å². The molecule has 2 rings (SSSR count). The summed E-state index contributed by atoms with van der Waals surface area (Å²) in [4.78, 5) is 12.5. The Hall–Kier alpha value is -1.46. The summed E-state index contributed by atoms with van der Waals surface area (Å²) in [5.74, 6) is 0.989. The van der Waals surface area contributed by atoms with Crippen LogP contribution in [0, 0.1) is 5.92 Å². The van der Waals surface area contributed by atoms with Crippen molar-refractivity contribution in [1.82, 2.24) is 9.97 Å². The van der Waals surface area contributed by atoms with Crippen molar-refractivity contribution in [3.8, 4) is 0 Å². The van der Waals surface area contributed by atoms with E-state index in [4.69, 9.17) is 0 Å². The number of anilines is 2. The quantitative estimate of drug-likeness (QED) is 0.828. The topological polar surface area (TPSA) is 32.3 Å². The van der Waals surface area contributed by atoms with Crippen LogP contribution in [0.2, 0.25) is 0 Å². The molecule has 0 atom stereocenters. The van der Waals surface area contributed by atoms with Crippen LogP contribution in [-0.2, 0) is 0 Å². The van der Waals surface area contributed by atoms with Crippen LogP contribution in [0.1, 0.15) is 12.8 Å². The molecule has 100 valence electrons. The van der Waals surface area contributed by atoms with Crippen LogP contribution < -0.4 is 9.80 Å². The molecule has 0 aromatic carbocycles. The Morgan fingerprint density at radius 3 is 2.56 bits per heavy atom. The fourth-order valence-corrected chi connectivity index (χ4v) is 2.09. The molecular weight excluding hydrogens is 238 g/mol. The lowest BCUT2D eigenvalue weighted by Gasteiger charge is -2.31. The van der Waals surface area contributed by atoms with E-state index in [0.717, 1.165) is 5.82 Å². The van der Waals surface area contributed by atoms with Gasteiger partial charge in [-0.05, 0) is 18.9 Å². The number of hydrogen-bond donors (Lipinski definition) is 0. The summed E-state index contributed by atoms with van der Waals surface area (Å²) in [7, 11) is 3.82. The van der Waals surface area contributed by atoms with E-state index < -0.39 is 12.3 Å². The predicted octanol–water partition coefficient (Wildman–Crippen LogP) is 2.02. The zero-order chi connectivity index (χ0) is 13.1. The standard InChI is InChI=1S/C12H18F2N4/c1-17(2)10-3-6-15-12(16-10)18-7-4-9(5-8-18)11(13)14/h3,6,9,11H,4-5,7-8H2,1-2H3. The molecule has 6 heteroatoms. The Kier molecular flexibility index (Phi) is 3.93. The van der Waals surface area contributed by atoms with Crippen LogP contribution in [0.15, 0.2) is 12.3 Å². The highest BCUT2D eigenvalue weighted by atomic mass is 19.3. The summed E-state index contributed by atoms with van der Waals surface area (Å²) in [5, 5.41) is 0. The predicted molar refractivity (Wildman–Crippen MR) is 67.3 cm³/mol. The van der Waals surface area contributed by atoms with Crippen LogP contribution in [0.4, 0.5) is 20.5 Å². The van der Waals surface area contributed by atoms with E-state index in [1.54, 1.807) is 6.20 Å². The van der Waals surface area contributed by atoms with Gasteiger partial charge in [-0.2, -0.15) is 4.98 Å². The molecule has 1 aromatic heterocycles. The smallest absolute Gasteiger partial charge is 0.241 e. The van der Waals surface area contributed by atoms with Gasteiger partial charge in [0.25, 0.3) is 0 Å². The molecule has 2 heterocycles. The van der Waals surface area contributed by atoms with E-state index in [1.807, 2.05) is 30.0 Å². The van der Waals surface area contributed by atoms with Crippen molar-refractivity contribution in [2.24, 2.45) is 5.92 Å².